The number of likely N-dealkylation sites (N-methyl/N-ethyl adjacent to an activating group) is 1. The molecule has 0 bridgehead atoms. The highest BCUT2D eigenvalue weighted by molar-refractivity contribution is 5.79. The fraction of sp³-hybridized carbons (Fsp3) is 0.700. The van der Waals surface area contributed by atoms with E-state index in [0.717, 1.165) is 24.9 Å². The smallest absolute Gasteiger partial charge is 0.328 e. The molecule has 0 aromatic carbocycles. The van der Waals surface area contributed by atoms with Gasteiger partial charge in [-0.1, -0.05) is 13.0 Å². The highest BCUT2D eigenvalue weighted by Crippen LogP contribution is 2.37. The third-order valence-corrected chi connectivity index (χ3v) is 2.50. The fourth-order valence-corrected chi connectivity index (χ4v) is 1.46. The van der Waals surface area contributed by atoms with Crippen LogP contribution in [0.3, 0.4) is 0 Å². The largest absolute Gasteiger partial charge is 0.478 e. The number of carboxylic acid groups (broad SMARTS) is 1. The summed E-state index contributed by atoms with van der Waals surface area (Å²) in [6.07, 6.45) is 4.22. The van der Waals surface area contributed by atoms with Gasteiger partial charge in [0.15, 0.2) is 0 Å². The predicted molar refractivity (Wildman–Crippen MR) is 51.5 cm³/mol. The van der Waals surface area contributed by atoms with Crippen LogP contribution in [-0.4, -0.2) is 36.1 Å². The van der Waals surface area contributed by atoms with E-state index in [9.17, 15) is 4.79 Å². The molecule has 2 unspecified atom stereocenters. The Bertz CT molecular complexity index is 213. The quantitative estimate of drug-likeness (QED) is 0.651. The van der Waals surface area contributed by atoms with Crippen LogP contribution < -0.4 is 0 Å². The molecule has 2 atom stereocenters. The molecule has 74 valence electrons. The van der Waals surface area contributed by atoms with Crippen molar-refractivity contribution in [2.24, 2.45) is 11.8 Å². The van der Waals surface area contributed by atoms with Crippen LogP contribution >= 0.6 is 0 Å². The van der Waals surface area contributed by atoms with E-state index >= 15 is 0 Å². The molecule has 1 aliphatic carbocycles. The second-order valence-corrected chi connectivity index (χ2v) is 3.93. The van der Waals surface area contributed by atoms with Crippen molar-refractivity contribution in [3.8, 4) is 0 Å². The van der Waals surface area contributed by atoms with Crippen LogP contribution in [0.15, 0.2) is 12.2 Å². The van der Waals surface area contributed by atoms with Gasteiger partial charge < -0.3 is 10.0 Å². The van der Waals surface area contributed by atoms with Gasteiger partial charge in [-0.05, 0) is 25.3 Å². The fourth-order valence-electron chi connectivity index (χ4n) is 1.46. The molecule has 13 heavy (non-hydrogen) atoms. The molecule has 0 saturated heterocycles. The van der Waals surface area contributed by atoms with Crippen molar-refractivity contribution in [3.05, 3.63) is 12.2 Å². The average Bonchev–Trinajstić information content (AvgIpc) is 2.65. The minimum atomic E-state index is -0.867. The van der Waals surface area contributed by atoms with Gasteiger partial charge >= 0.3 is 5.97 Å². The van der Waals surface area contributed by atoms with Crippen molar-refractivity contribution in [2.75, 3.05) is 20.1 Å². The molecular formula is C10H17NO2. The van der Waals surface area contributed by atoms with Crippen molar-refractivity contribution >= 4 is 5.97 Å². The Labute approximate surface area is 79.0 Å². The van der Waals surface area contributed by atoms with Crippen molar-refractivity contribution in [1.82, 2.24) is 4.90 Å². The Hall–Kier alpha value is -0.830. The maximum atomic E-state index is 10.2. The molecular weight excluding hydrogens is 166 g/mol. The Kier molecular flexibility index (Phi) is 3.48. The molecule has 1 saturated carbocycles. The van der Waals surface area contributed by atoms with E-state index in [-0.39, 0.29) is 0 Å². The Morgan fingerprint density at radius 3 is 2.77 bits per heavy atom. The van der Waals surface area contributed by atoms with Gasteiger partial charge in [0.1, 0.15) is 0 Å². The maximum absolute atomic E-state index is 10.2. The van der Waals surface area contributed by atoms with E-state index in [1.54, 1.807) is 6.08 Å². The molecule has 0 heterocycles. The second-order valence-electron chi connectivity index (χ2n) is 3.93. The van der Waals surface area contributed by atoms with Crippen molar-refractivity contribution in [2.45, 2.75) is 13.3 Å². The summed E-state index contributed by atoms with van der Waals surface area (Å²) < 4.78 is 0. The lowest BCUT2D eigenvalue weighted by Crippen LogP contribution is -2.21. The summed E-state index contributed by atoms with van der Waals surface area (Å²) in [6.45, 7) is 4.08. The molecule has 0 aliphatic heterocycles. The lowest BCUT2D eigenvalue weighted by Gasteiger charge is -2.13. The number of hydrogen-bond acceptors (Lipinski definition) is 2. The molecule has 1 N–H and O–H groups in total. The topological polar surface area (TPSA) is 40.5 Å². The summed E-state index contributed by atoms with van der Waals surface area (Å²) in [6, 6.07) is 0. The van der Waals surface area contributed by atoms with E-state index < -0.39 is 5.97 Å². The first-order valence-electron chi connectivity index (χ1n) is 4.67. The van der Waals surface area contributed by atoms with Gasteiger partial charge in [-0.2, -0.15) is 0 Å². The molecule has 0 amide bonds. The predicted octanol–water partition coefficient (Wildman–Crippen LogP) is 1.22. The standard InChI is InChI=1S/C10H17NO2/c1-8-6-9(8)7-11(2)5-3-4-10(12)13/h3-4,8-9H,5-7H2,1-2H3,(H,12,13). The Morgan fingerprint density at radius 1 is 1.69 bits per heavy atom. The van der Waals surface area contributed by atoms with Gasteiger partial charge in [-0.3, -0.25) is 0 Å². The summed E-state index contributed by atoms with van der Waals surface area (Å²) in [5.74, 6) is 0.835. The van der Waals surface area contributed by atoms with Gasteiger partial charge in [0.25, 0.3) is 0 Å². The molecule has 1 fully saturated rings. The molecule has 1 rings (SSSR count). The monoisotopic (exact) mass is 183 g/mol. The number of hydrogen-bond donors (Lipinski definition) is 1. The van der Waals surface area contributed by atoms with E-state index in [2.05, 4.69) is 11.8 Å². The van der Waals surface area contributed by atoms with Gasteiger partial charge in [0.05, 0.1) is 0 Å². The highest BCUT2D eigenvalue weighted by atomic mass is 16.4. The maximum Gasteiger partial charge on any atom is 0.328 e. The number of carboxylic acids is 1. The second kappa shape index (κ2) is 4.42. The first-order valence-corrected chi connectivity index (χ1v) is 4.67. The summed E-state index contributed by atoms with van der Waals surface area (Å²) in [4.78, 5) is 12.3. The Balaban J connectivity index is 2.10. The summed E-state index contributed by atoms with van der Waals surface area (Å²) in [5, 5.41) is 8.36. The zero-order valence-electron chi connectivity index (χ0n) is 8.23. The highest BCUT2D eigenvalue weighted by Gasteiger charge is 2.32. The zero-order chi connectivity index (χ0) is 9.84. The molecule has 0 aromatic heterocycles. The zero-order valence-corrected chi connectivity index (χ0v) is 8.23. The lowest BCUT2D eigenvalue weighted by molar-refractivity contribution is -0.131. The summed E-state index contributed by atoms with van der Waals surface area (Å²) in [7, 11) is 2.03. The minimum absolute atomic E-state index is 0.732. The first kappa shape index (κ1) is 10.3. The van der Waals surface area contributed by atoms with Crippen molar-refractivity contribution < 1.29 is 9.90 Å². The van der Waals surface area contributed by atoms with Crippen LogP contribution in [0, 0.1) is 11.8 Å². The van der Waals surface area contributed by atoms with Crippen LogP contribution in [0.5, 0.6) is 0 Å². The van der Waals surface area contributed by atoms with Crippen molar-refractivity contribution in [3.63, 3.8) is 0 Å². The van der Waals surface area contributed by atoms with E-state index in [0.29, 0.717) is 0 Å². The van der Waals surface area contributed by atoms with Crippen LogP contribution in [0.25, 0.3) is 0 Å². The number of nitrogens with zero attached hydrogens (tertiary/aromatic N) is 1. The van der Waals surface area contributed by atoms with Gasteiger partial charge in [0, 0.05) is 19.2 Å². The third kappa shape index (κ3) is 4.08. The van der Waals surface area contributed by atoms with Crippen molar-refractivity contribution in [1.29, 1.82) is 0 Å². The number of carbonyl (C=O) groups is 1. The van der Waals surface area contributed by atoms with E-state index in [1.807, 2.05) is 7.05 Å². The molecule has 3 nitrogen and oxygen atoms in total. The molecule has 0 radical (unpaired) electrons. The normalized spacial score (nSPS) is 27.0. The van der Waals surface area contributed by atoms with Gasteiger partial charge in [-0.15, -0.1) is 0 Å². The average molecular weight is 183 g/mol. The van der Waals surface area contributed by atoms with Crippen LogP contribution in [-0.2, 0) is 4.79 Å². The third-order valence-electron chi connectivity index (χ3n) is 2.50. The SMILES string of the molecule is CC1CC1CN(C)CC=CC(=O)O. The van der Waals surface area contributed by atoms with Crippen LogP contribution in [0.1, 0.15) is 13.3 Å². The molecule has 1 aliphatic rings. The summed E-state index contributed by atoms with van der Waals surface area (Å²) >= 11 is 0. The lowest BCUT2D eigenvalue weighted by atomic mass is 10.3. The molecule has 0 aromatic rings. The molecule has 0 spiro atoms. The first-order chi connectivity index (χ1) is 6.09. The number of aliphatic carboxylic acids is 1. The van der Waals surface area contributed by atoms with Gasteiger partial charge in [-0.25, -0.2) is 4.79 Å². The van der Waals surface area contributed by atoms with Crippen LogP contribution in [0.4, 0.5) is 0 Å². The van der Waals surface area contributed by atoms with Crippen LogP contribution in [0.2, 0.25) is 0 Å². The summed E-state index contributed by atoms with van der Waals surface area (Å²) in [5.41, 5.74) is 0. The number of rotatable bonds is 5. The molecule has 3 heteroatoms. The van der Waals surface area contributed by atoms with E-state index in [4.69, 9.17) is 5.11 Å². The van der Waals surface area contributed by atoms with E-state index in [1.165, 1.54) is 12.5 Å². The van der Waals surface area contributed by atoms with Gasteiger partial charge in [0.2, 0.25) is 0 Å². The Morgan fingerprint density at radius 2 is 2.31 bits per heavy atom. The minimum Gasteiger partial charge on any atom is -0.478 e.